The molecule has 4 nitrogen and oxygen atoms in total. The minimum atomic E-state index is -0.245. The number of amides is 1. The zero-order valence-corrected chi connectivity index (χ0v) is 11.8. The van der Waals surface area contributed by atoms with E-state index in [1.54, 1.807) is 30.6 Å². The Bertz CT molecular complexity index is 569. The molecule has 100 valence electrons. The molecular weight excluding hydrogens is 285 g/mol. The van der Waals surface area contributed by atoms with Crippen LogP contribution in [0.4, 0.5) is 0 Å². The number of nitrogens with zero attached hydrogens (tertiary/aromatic N) is 1. The van der Waals surface area contributed by atoms with Gasteiger partial charge in [0.15, 0.2) is 0 Å². The van der Waals surface area contributed by atoms with Crippen molar-refractivity contribution in [3.63, 3.8) is 0 Å². The van der Waals surface area contributed by atoms with E-state index in [4.69, 9.17) is 23.2 Å². The first-order valence-electron chi connectivity index (χ1n) is 5.87. The van der Waals surface area contributed by atoms with Crippen molar-refractivity contribution in [3.8, 4) is 0 Å². The molecule has 0 spiro atoms. The molecule has 1 unspecified atom stereocenters. The fourth-order valence-corrected chi connectivity index (χ4v) is 2.24. The van der Waals surface area contributed by atoms with Crippen LogP contribution in [0, 0.1) is 0 Å². The van der Waals surface area contributed by atoms with Crippen molar-refractivity contribution in [2.45, 2.75) is 19.4 Å². The molecule has 0 fully saturated rings. The molecule has 19 heavy (non-hydrogen) atoms. The number of H-pyrrole nitrogens is 1. The maximum atomic E-state index is 12.2. The van der Waals surface area contributed by atoms with Crippen molar-refractivity contribution in [1.29, 1.82) is 0 Å². The first-order valence-corrected chi connectivity index (χ1v) is 6.62. The summed E-state index contributed by atoms with van der Waals surface area (Å²) < 4.78 is 0. The van der Waals surface area contributed by atoms with Crippen LogP contribution in [0.25, 0.3) is 0 Å². The third kappa shape index (κ3) is 3.28. The van der Waals surface area contributed by atoms with Gasteiger partial charge < -0.3 is 10.3 Å². The summed E-state index contributed by atoms with van der Waals surface area (Å²) in [6.45, 7) is 1.97. The number of benzene rings is 1. The van der Waals surface area contributed by atoms with Gasteiger partial charge >= 0.3 is 0 Å². The monoisotopic (exact) mass is 297 g/mol. The summed E-state index contributed by atoms with van der Waals surface area (Å²) >= 11 is 11.8. The van der Waals surface area contributed by atoms with Crippen LogP contribution in [0.5, 0.6) is 0 Å². The Morgan fingerprint density at radius 3 is 2.84 bits per heavy atom. The highest BCUT2D eigenvalue weighted by Gasteiger charge is 2.17. The Balaban J connectivity index is 2.16. The third-order valence-electron chi connectivity index (χ3n) is 2.74. The minimum Gasteiger partial charge on any atom is -0.347 e. The molecule has 0 aliphatic carbocycles. The van der Waals surface area contributed by atoms with Crippen molar-refractivity contribution >= 4 is 29.1 Å². The van der Waals surface area contributed by atoms with E-state index in [1.165, 1.54) is 0 Å². The quantitative estimate of drug-likeness (QED) is 0.906. The highest BCUT2D eigenvalue weighted by molar-refractivity contribution is 6.36. The molecule has 2 aromatic rings. The largest absolute Gasteiger partial charge is 0.347 e. The van der Waals surface area contributed by atoms with Crippen LogP contribution in [-0.4, -0.2) is 15.9 Å². The van der Waals surface area contributed by atoms with Gasteiger partial charge in [0.25, 0.3) is 5.91 Å². The van der Waals surface area contributed by atoms with E-state index < -0.39 is 0 Å². The van der Waals surface area contributed by atoms with E-state index in [-0.39, 0.29) is 11.9 Å². The van der Waals surface area contributed by atoms with Gasteiger partial charge in [-0.05, 0) is 24.6 Å². The zero-order valence-electron chi connectivity index (χ0n) is 10.3. The summed E-state index contributed by atoms with van der Waals surface area (Å²) in [6, 6.07) is 4.62. The molecule has 1 aromatic carbocycles. The Labute approximate surface area is 121 Å². The Morgan fingerprint density at radius 2 is 2.26 bits per heavy atom. The fraction of sp³-hybridized carbons (Fsp3) is 0.231. The molecule has 0 aliphatic heterocycles. The molecule has 0 aliphatic rings. The van der Waals surface area contributed by atoms with Crippen molar-refractivity contribution in [3.05, 3.63) is 52.0 Å². The maximum Gasteiger partial charge on any atom is 0.253 e. The molecule has 0 saturated heterocycles. The number of hydrogen-bond acceptors (Lipinski definition) is 2. The summed E-state index contributed by atoms with van der Waals surface area (Å²) in [5, 5.41) is 3.72. The summed E-state index contributed by atoms with van der Waals surface area (Å²) in [5.74, 6) is 0.478. The van der Waals surface area contributed by atoms with Crippen molar-refractivity contribution in [2.24, 2.45) is 0 Å². The summed E-state index contributed by atoms with van der Waals surface area (Å²) in [7, 11) is 0. The molecule has 1 aromatic heterocycles. The van der Waals surface area contributed by atoms with E-state index in [1.807, 2.05) is 6.92 Å². The van der Waals surface area contributed by atoms with E-state index in [0.717, 1.165) is 12.2 Å². The van der Waals surface area contributed by atoms with Gasteiger partial charge in [0, 0.05) is 17.4 Å². The topological polar surface area (TPSA) is 57.8 Å². The predicted molar refractivity (Wildman–Crippen MR) is 75.5 cm³/mol. The van der Waals surface area contributed by atoms with Gasteiger partial charge in [-0.25, -0.2) is 4.98 Å². The number of imidazole rings is 1. The van der Waals surface area contributed by atoms with Crippen LogP contribution in [0.2, 0.25) is 10.0 Å². The van der Waals surface area contributed by atoms with Crippen LogP contribution in [0.15, 0.2) is 30.6 Å². The standard InChI is InChI=1S/C13H13Cl2N3O/c1-2-11(12-16-5-6-17-12)18-13(19)9-4-3-8(14)7-10(9)15/h3-7,11H,2H2,1H3,(H,16,17)(H,18,19). The van der Waals surface area contributed by atoms with E-state index in [2.05, 4.69) is 15.3 Å². The molecular formula is C13H13Cl2N3O. The van der Waals surface area contributed by atoms with Gasteiger partial charge in [-0.3, -0.25) is 4.79 Å². The first kappa shape index (κ1) is 13.9. The summed E-state index contributed by atoms with van der Waals surface area (Å²) in [6.07, 6.45) is 4.10. The molecule has 1 atom stereocenters. The number of nitrogens with one attached hydrogen (secondary N) is 2. The van der Waals surface area contributed by atoms with E-state index >= 15 is 0 Å². The molecule has 0 radical (unpaired) electrons. The lowest BCUT2D eigenvalue weighted by atomic mass is 10.1. The smallest absolute Gasteiger partial charge is 0.253 e. The summed E-state index contributed by atoms with van der Waals surface area (Å²) in [5.41, 5.74) is 0.399. The second-order valence-corrected chi connectivity index (χ2v) is 4.88. The predicted octanol–water partition coefficient (Wildman–Crippen LogP) is 3.60. The number of rotatable bonds is 4. The van der Waals surface area contributed by atoms with E-state index in [9.17, 15) is 4.79 Å². The van der Waals surface area contributed by atoms with Gasteiger partial charge in [-0.1, -0.05) is 30.1 Å². The normalized spacial score (nSPS) is 12.2. The maximum absolute atomic E-state index is 12.2. The highest BCUT2D eigenvalue weighted by atomic mass is 35.5. The van der Waals surface area contributed by atoms with Gasteiger partial charge in [-0.2, -0.15) is 0 Å². The van der Waals surface area contributed by atoms with Gasteiger partial charge in [0.2, 0.25) is 0 Å². The highest BCUT2D eigenvalue weighted by Crippen LogP contribution is 2.22. The SMILES string of the molecule is CCC(NC(=O)c1ccc(Cl)cc1Cl)c1ncc[nH]1. The van der Waals surface area contributed by atoms with Gasteiger partial charge in [0.1, 0.15) is 5.82 Å². The van der Waals surface area contributed by atoms with Crippen LogP contribution in [0.1, 0.15) is 35.6 Å². The number of halogens is 2. The van der Waals surface area contributed by atoms with Gasteiger partial charge in [0.05, 0.1) is 16.6 Å². The van der Waals surface area contributed by atoms with Crippen LogP contribution < -0.4 is 5.32 Å². The molecule has 0 bridgehead atoms. The lowest BCUT2D eigenvalue weighted by Crippen LogP contribution is -2.29. The Kier molecular flexibility index (Phi) is 4.45. The molecule has 0 saturated carbocycles. The van der Waals surface area contributed by atoms with Crippen LogP contribution in [0.3, 0.4) is 0 Å². The summed E-state index contributed by atoms with van der Waals surface area (Å²) in [4.78, 5) is 19.3. The molecule has 6 heteroatoms. The lowest BCUT2D eigenvalue weighted by molar-refractivity contribution is 0.0934. The third-order valence-corrected chi connectivity index (χ3v) is 3.29. The second-order valence-electron chi connectivity index (χ2n) is 4.03. The Morgan fingerprint density at radius 1 is 1.47 bits per heavy atom. The number of aromatic amines is 1. The lowest BCUT2D eigenvalue weighted by Gasteiger charge is -2.15. The van der Waals surface area contributed by atoms with Crippen molar-refractivity contribution in [1.82, 2.24) is 15.3 Å². The minimum absolute atomic E-state index is 0.172. The van der Waals surface area contributed by atoms with Gasteiger partial charge in [-0.15, -0.1) is 0 Å². The van der Waals surface area contributed by atoms with Crippen molar-refractivity contribution < 1.29 is 4.79 Å². The average molecular weight is 298 g/mol. The van der Waals surface area contributed by atoms with Crippen molar-refractivity contribution in [2.75, 3.05) is 0 Å². The molecule has 2 rings (SSSR count). The zero-order chi connectivity index (χ0) is 13.8. The molecule has 1 heterocycles. The van der Waals surface area contributed by atoms with Crippen LogP contribution in [-0.2, 0) is 0 Å². The fourth-order valence-electron chi connectivity index (χ4n) is 1.74. The number of carbonyl (C=O) groups is 1. The number of aromatic nitrogens is 2. The Hall–Kier alpha value is -1.52. The second kappa shape index (κ2) is 6.08. The average Bonchev–Trinajstić information content (AvgIpc) is 2.89. The molecule has 1 amide bonds. The molecule has 2 N–H and O–H groups in total. The van der Waals surface area contributed by atoms with Crippen LogP contribution >= 0.6 is 23.2 Å². The first-order chi connectivity index (χ1) is 9.11. The van der Waals surface area contributed by atoms with E-state index in [0.29, 0.717) is 15.6 Å². The number of carbonyl (C=O) groups excluding carboxylic acids is 1. The number of hydrogen-bond donors (Lipinski definition) is 2.